The van der Waals surface area contributed by atoms with Crippen molar-refractivity contribution < 1.29 is 9.59 Å². The quantitative estimate of drug-likeness (QED) is 0.624. The van der Waals surface area contributed by atoms with Crippen molar-refractivity contribution in [2.45, 2.75) is 57.0 Å². The highest BCUT2D eigenvalue weighted by atomic mass is 16.2. The fraction of sp³-hybridized carbons (Fsp3) is 0.556. The van der Waals surface area contributed by atoms with Crippen molar-refractivity contribution in [2.75, 3.05) is 48.8 Å². The molecule has 0 radical (unpaired) electrons. The molecule has 2 amide bonds. The first kappa shape index (κ1) is 23.2. The van der Waals surface area contributed by atoms with E-state index in [-0.39, 0.29) is 17.9 Å². The highest BCUT2D eigenvalue weighted by Gasteiger charge is 2.56. The summed E-state index contributed by atoms with van der Waals surface area (Å²) >= 11 is 0. The number of carbonyl (C=O) groups is 2. The van der Waals surface area contributed by atoms with E-state index in [2.05, 4.69) is 63.8 Å². The minimum absolute atomic E-state index is 0.0902. The van der Waals surface area contributed by atoms with Gasteiger partial charge >= 0.3 is 0 Å². The Bertz CT molecular complexity index is 1160. The number of nitrogens with one attached hydrogen (secondary N) is 2. The van der Waals surface area contributed by atoms with Crippen LogP contribution in [0.1, 0.15) is 44.1 Å². The molecule has 4 aliphatic rings. The first-order chi connectivity index (χ1) is 17.4. The predicted octanol–water partition coefficient (Wildman–Crippen LogP) is 2.70. The molecule has 0 unspecified atom stereocenters. The van der Waals surface area contributed by atoms with E-state index in [4.69, 9.17) is 4.98 Å². The number of likely N-dealkylation sites (N-methyl/N-ethyl adjacent to an activating group) is 1. The van der Waals surface area contributed by atoms with Gasteiger partial charge in [0.2, 0.25) is 17.8 Å². The van der Waals surface area contributed by atoms with Crippen LogP contribution in [0.3, 0.4) is 0 Å². The molecule has 2 N–H and O–H groups in total. The molecule has 2 atom stereocenters. The van der Waals surface area contributed by atoms with Crippen LogP contribution < -0.4 is 20.4 Å². The van der Waals surface area contributed by atoms with Crippen LogP contribution in [0.25, 0.3) is 0 Å². The van der Waals surface area contributed by atoms with Crippen LogP contribution in [0.15, 0.2) is 30.5 Å². The molecule has 3 fully saturated rings. The average Bonchev–Trinajstić information content (AvgIpc) is 3.64. The summed E-state index contributed by atoms with van der Waals surface area (Å²) in [6, 6.07) is 9.06. The number of benzene rings is 1. The number of anilines is 4. The molecule has 190 valence electrons. The van der Waals surface area contributed by atoms with E-state index < -0.39 is 5.41 Å². The third kappa shape index (κ3) is 3.89. The molecule has 3 aliphatic heterocycles. The van der Waals surface area contributed by atoms with E-state index in [0.717, 1.165) is 50.0 Å². The molecule has 1 spiro atoms. The van der Waals surface area contributed by atoms with Gasteiger partial charge in [-0.15, -0.1) is 0 Å². The van der Waals surface area contributed by atoms with Gasteiger partial charge in [-0.05, 0) is 64.0 Å². The Hall–Kier alpha value is -3.20. The molecule has 2 aromatic rings. The monoisotopic (exact) mass is 489 g/mol. The first-order valence-electron chi connectivity index (χ1n) is 13.2. The van der Waals surface area contributed by atoms with Crippen molar-refractivity contribution >= 4 is 35.0 Å². The normalized spacial score (nSPS) is 26.2. The second kappa shape index (κ2) is 9.03. The Morgan fingerprint density at radius 1 is 1.11 bits per heavy atom. The van der Waals surface area contributed by atoms with Gasteiger partial charge < -0.3 is 20.4 Å². The Balaban J connectivity index is 1.24. The van der Waals surface area contributed by atoms with Crippen LogP contribution in [-0.2, 0) is 16.0 Å². The fourth-order valence-electron chi connectivity index (χ4n) is 6.35. The molecule has 4 heterocycles. The maximum atomic E-state index is 13.8. The van der Waals surface area contributed by atoms with Gasteiger partial charge in [0.1, 0.15) is 11.2 Å². The van der Waals surface area contributed by atoms with Crippen molar-refractivity contribution in [1.29, 1.82) is 0 Å². The maximum absolute atomic E-state index is 13.8. The van der Waals surface area contributed by atoms with Crippen LogP contribution in [0, 0.1) is 5.41 Å². The molecule has 1 aromatic heterocycles. The molecular weight excluding hydrogens is 454 g/mol. The minimum Gasteiger partial charge on any atom is -0.370 e. The first-order valence-corrected chi connectivity index (χ1v) is 13.2. The van der Waals surface area contributed by atoms with Crippen LogP contribution in [0.4, 0.5) is 23.1 Å². The molecule has 1 aromatic carbocycles. The summed E-state index contributed by atoms with van der Waals surface area (Å²) in [6.45, 7) is 2.65. The second-order valence-corrected chi connectivity index (χ2v) is 10.9. The maximum Gasteiger partial charge on any atom is 0.244 e. The Labute approximate surface area is 212 Å². The lowest BCUT2D eigenvalue weighted by atomic mass is 9.76. The topological polar surface area (TPSA) is 93.7 Å². The van der Waals surface area contributed by atoms with Gasteiger partial charge in [0.25, 0.3) is 0 Å². The Kier molecular flexibility index (Phi) is 5.82. The van der Waals surface area contributed by atoms with Crippen LogP contribution >= 0.6 is 0 Å². The van der Waals surface area contributed by atoms with Crippen molar-refractivity contribution in [3.05, 3.63) is 36.0 Å². The van der Waals surface area contributed by atoms with Gasteiger partial charge in [0.15, 0.2) is 0 Å². The Morgan fingerprint density at radius 3 is 2.56 bits per heavy atom. The van der Waals surface area contributed by atoms with Gasteiger partial charge in [0, 0.05) is 61.3 Å². The number of aromatic nitrogens is 2. The van der Waals surface area contributed by atoms with E-state index in [1.807, 2.05) is 4.90 Å². The highest BCUT2D eigenvalue weighted by molar-refractivity contribution is 6.14. The lowest BCUT2D eigenvalue weighted by Crippen LogP contribution is -2.56. The summed E-state index contributed by atoms with van der Waals surface area (Å²) in [5.41, 5.74) is 1.99. The molecular formula is C27H35N7O2. The van der Waals surface area contributed by atoms with Gasteiger partial charge in [-0.25, -0.2) is 4.98 Å². The van der Waals surface area contributed by atoms with E-state index in [1.54, 1.807) is 6.20 Å². The predicted molar refractivity (Wildman–Crippen MR) is 140 cm³/mol. The third-order valence-electron chi connectivity index (χ3n) is 8.53. The summed E-state index contributed by atoms with van der Waals surface area (Å²) < 4.78 is 0. The number of amides is 2. The van der Waals surface area contributed by atoms with Gasteiger partial charge in [-0.3, -0.25) is 14.5 Å². The van der Waals surface area contributed by atoms with Crippen molar-refractivity contribution in [3.63, 3.8) is 0 Å². The van der Waals surface area contributed by atoms with E-state index >= 15 is 0 Å². The molecule has 6 rings (SSSR count). The molecule has 9 heteroatoms. The van der Waals surface area contributed by atoms with Crippen LogP contribution in [0.2, 0.25) is 0 Å². The minimum atomic E-state index is -1.01. The summed E-state index contributed by atoms with van der Waals surface area (Å²) in [6.07, 6.45) is 7.96. The fourth-order valence-corrected chi connectivity index (χ4v) is 6.35. The standard InChI is InChI=1S/C27H35N7O2/c1-32(2)22-11-14-33(17-22)20-9-7-19(8-10-20)30-26-29-16-18-15-27(12-13-28-24(27)35)25(36)34(23(18)31-26)21-5-3-4-6-21/h7-10,16,21-22H,3-6,11-15,17H2,1-2H3,(H,28,35)(H,29,30,31)/t22-,27+/m0/s1. The Morgan fingerprint density at radius 2 is 1.89 bits per heavy atom. The van der Waals surface area contributed by atoms with Gasteiger partial charge in [-0.1, -0.05) is 12.8 Å². The third-order valence-corrected chi connectivity index (χ3v) is 8.53. The zero-order valence-corrected chi connectivity index (χ0v) is 21.2. The molecule has 1 saturated carbocycles. The summed E-state index contributed by atoms with van der Waals surface area (Å²) in [7, 11) is 4.28. The number of hydrogen-bond acceptors (Lipinski definition) is 7. The van der Waals surface area contributed by atoms with Gasteiger partial charge in [0.05, 0.1) is 0 Å². The summed E-state index contributed by atoms with van der Waals surface area (Å²) in [5, 5.41) is 6.21. The number of hydrogen-bond donors (Lipinski definition) is 2. The van der Waals surface area contributed by atoms with Crippen molar-refractivity contribution in [2.24, 2.45) is 5.41 Å². The zero-order valence-electron chi connectivity index (χ0n) is 21.2. The van der Waals surface area contributed by atoms with Gasteiger partial charge in [-0.2, -0.15) is 4.98 Å². The van der Waals surface area contributed by atoms with E-state index in [0.29, 0.717) is 37.2 Å². The molecule has 9 nitrogen and oxygen atoms in total. The lowest BCUT2D eigenvalue weighted by molar-refractivity contribution is -0.140. The molecule has 2 saturated heterocycles. The van der Waals surface area contributed by atoms with Crippen molar-refractivity contribution in [1.82, 2.24) is 20.2 Å². The second-order valence-electron chi connectivity index (χ2n) is 10.9. The summed E-state index contributed by atoms with van der Waals surface area (Å²) in [5.74, 6) is 0.891. The average molecular weight is 490 g/mol. The highest BCUT2D eigenvalue weighted by Crippen LogP contribution is 2.44. The zero-order chi connectivity index (χ0) is 24.9. The number of nitrogens with zero attached hydrogens (tertiary/aromatic N) is 5. The van der Waals surface area contributed by atoms with Crippen LogP contribution in [-0.4, -0.2) is 72.5 Å². The largest absolute Gasteiger partial charge is 0.370 e. The molecule has 36 heavy (non-hydrogen) atoms. The smallest absolute Gasteiger partial charge is 0.244 e. The van der Waals surface area contributed by atoms with E-state index in [9.17, 15) is 9.59 Å². The summed E-state index contributed by atoms with van der Waals surface area (Å²) in [4.78, 5) is 42.5. The molecule has 1 aliphatic carbocycles. The number of fused-ring (bicyclic) bond motifs is 1. The lowest BCUT2D eigenvalue weighted by Gasteiger charge is -2.40. The number of rotatable bonds is 5. The number of carbonyl (C=O) groups excluding carboxylic acids is 2. The molecule has 0 bridgehead atoms. The van der Waals surface area contributed by atoms with E-state index in [1.165, 1.54) is 12.1 Å². The van der Waals surface area contributed by atoms with Crippen LogP contribution in [0.5, 0.6) is 0 Å². The SMILES string of the molecule is CN(C)[C@H]1CCN(c2ccc(Nc3ncc4c(n3)N(C3CCCC3)C(=O)[C@]3(CCNC3=O)C4)cc2)C1. The van der Waals surface area contributed by atoms with Crippen molar-refractivity contribution in [3.8, 4) is 0 Å².